The van der Waals surface area contributed by atoms with Crippen LogP contribution in [-0.2, 0) is 7.05 Å². The first-order valence-electron chi connectivity index (χ1n) is 12.3. The van der Waals surface area contributed by atoms with Gasteiger partial charge in [-0.2, -0.15) is 5.10 Å². The molecule has 3 heterocycles. The highest BCUT2D eigenvalue weighted by molar-refractivity contribution is 5.82. The SMILES string of the molecule is COc1cc(OC)cc(N(C[C@H]2C[C@@H]2c2ccccn2)c2ccc3ncc(-c4cnn(C)c4)nc3c2)c1. The first kappa shape index (κ1) is 23.0. The number of nitrogens with zero attached hydrogens (tertiary/aromatic N) is 6. The fraction of sp³-hybridized carbons (Fsp3) is 0.241. The van der Waals surface area contributed by atoms with E-state index >= 15 is 0 Å². The van der Waals surface area contributed by atoms with E-state index in [9.17, 15) is 0 Å². The van der Waals surface area contributed by atoms with Gasteiger partial charge in [0.05, 0.1) is 43.3 Å². The highest BCUT2D eigenvalue weighted by Crippen LogP contribution is 2.48. The summed E-state index contributed by atoms with van der Waals surface area (Å²) < 4.78 is 12.9. The van der Waals surface area contributed by atoms with E-state index in [4.69, 9.17) is 14.5 Å². The maximum atomic E-state index is 5.58. The van der Waals surface area contributed by atoms with Gasteiger partial charge in [-0.05, 0) is 42.7 Å². The normalized spacial score (nSPS) is 16.5. The van der Waals surface area contributed by atoms with Crippen molar-refractivity contribution in [3.63, 3.8) is 0 Å². The summed E-state index contributed by atoms with van der Waals surface area (Å²) >= 11 is 0. The van der Waals surface area contributed by atoms with E-state index in [2.05, 4.69) is 44.2 Å². The molecule has 0 bridgehead atoms. The van der Waals surface area contributed by atoms with Gasteiger partial charge in [-0.25, -0.2) is 4.98 Å². The predicted octanol–water partition coefficient (Wildman–Crippen LogP) is 5.38. The smallest absolute Gasteiger partial charge is 0.124 e. The van der Waals surface area contributed by atoms with E-state index in [-0.39, 0.29) is 0 Å². The summed E-state index contributed by atoms with van der Waals surface area (Å²) in [6, 6.07) is 18.4. The number of anilines is 2. The Morgan fingerprint density at radius 2 is 1.76 bits per heavy atom. The average Bonchev–Trinajstić information content (AvgIpc) is 3.59. The van der Waals surface area contributed by atoms with Crippen LogP contribution in [0.4, 0.5) is 11.4 Å². The lowest BCUT2D eigenvalue weighted by Gasteiger charge is -2.26. The summed E-state index contributed by atoms with van der Waals surface area (Å²) in [5.41, 5.74) is 6.60. The fourth-order valence-corrected chi connectivity index (χ4v) is 4.81. The molecule has 1 saturated carbocycles. The van der Waals surface area contributed by atoms with Crippen LogP contribution in [-0.4, -0.2) is 45.5 Å². The van der Waals surface area contributed by atoms with Crippen LogP contribution in [0.15, 0.2) is 79.4 Å². The van der Waals surface area contributed by atoms with E-state index in [1.54, 1.807) is 31.3 Å². The molecule has 0 radical (unpaired) electrons. The number of pyridine rings is 1. The molecule has 0 unspecified atom stereocenters. The second-order valence-corrected chi connectivity index (χ2v) is 9.37. The minimum Gasteiger partial charge on any atom is -0.497 e. The Labute approximate surface area is 215 Å². The zero-order chi connectivity index (χ0) is 25.4. The number of hydrogen-bond acceptors (Lipinski definition) is 7. The van der Waals surface area contributed by atoms with Crippen molar-refractivity contribution in [1.29, 1.82) is 0 Å². The van der Waals surface area contributed by atoms with Crippen molar-refractivity contribution in [3.8, 4) is 22.8 Å². The third kappa shape index (κ3) is 4.70. The number of hydrogen-bond donors (Lipinski definition) is 0. The number of benzene rings is 2. The summed E-state index contributed by atoms with van der Waals surface area (Å²) in [6.07, 6.45) is 8.52. The number of rotatable bonds is 8. The fourth-order valence-electron chi connectivity index (χ4n) is 4.81. The Balaban J connectivity index is 1.39. The summed E-state index contributed by atoms with van der Waals surface area (Å²) in [4.78, 5) is 16.5. The van der Waals surface area contributed by atoms with Crippen LogP contribution in [0, 0.1) is 5.92 Å². The molecule has 186 valence electrons. The van der Waals surface area contributed by atoms with Gasteiger partial charge in [0.15, 0.2) is 0 Å². The second-order valence-electron chi connectivity index (χ2n) is 9.37. The average molecular weight is 493 g/mol. The molecule has 1 fully saturated rings. The molecular formula is C29H28N6O2. The van der Waals surface area contributed by atoms with Gasteiger partial charge < -0.3 is 14.4 Å². The Kier molecular flexibility index (Phi) is 5.92. The standard InChI is InChI=1S/C29H28N6O2/c1-34-17-20(15-32-34)29-16-31-27-8-7-21(13-28(27)33-29)35(22-11-23(36-2)14-24(12-22)37-3)18-19-10-25(19)26-6-4-5-9-30-26/h4-9,11-17,19,25H,10,18H2,1-3H3/t19-,25+/m1/s1. The van der Waals surface area contributed by atoms with Crippen LogP contribution < -0.4 is 14.4 Å². The van der Waals surface area contributed by atoms with Gasteiger partial charge >= 0.3 is 0 Å². The molecule has 1 aliphatic carbocycles. The van der Waals surface area contributed by atoms with Crippen molar-refractivity contribution < 1.29 is 9.47 Å². The van der Waals surface area contributed by atoms with E-state index in [1.807, 2.05) is 49.8 Å². The molecule has 8 heteroatoms. The number of ether oxygens (including phenoxy) is 2. The van der Waals surface area contributed by atoms with Gasteiger partial charge in [0, 0.05) is 72.7 Å². The van der Waals surface area contributed by atoms with Crippen LogP contribution in [0.3, 0.4) is 0 Å². The summed E-state index contributed by atoms with van der Waals surface area (Å²) in [5, 5.41) is 4.27. The molecule has 5 aromatic rings. The predicted molar refractivity (Wildman–Crippen MR) is 143 cm³/mol. The van der Waals surface area contributed by atoms with Gasteiger partial charge in [-0.3, -0.25) is 14.6 Å². The molecular weight excluding hydrogens is 464 g/mol. The van der Waals surface area contributed by atoms with Crippen LogP contribution in [0.2, 0.25) is 0 Å². The van der Waals surface area contributed by atoms with Crippen LogP contribution in [0.25, 0.3) is 22.3 Å². The quantitative estimate of drug-likeness (QED) is 0.288. The summed E-state index contributed by atoms with van der Waals surface area (Å²) in [7, 11) is 5.24. The molecule has 0 spiro atoms. The third-order valence-corrected chi connectivity index (χ3v) is 6.89. The molecule has 3 aromatic heterocycles. The van der Waals surface area contributed by atoms with Crippen molar-refractivity contribution >= 4 is 22.4 Å². The number of fused-ring (bicyclic) bond motifs is 1. The minimum absolute atomic E-state index is 0.452. The van der Waals surface area contributed by atoms with Crippen molar-refractivity contribution in [2.75, 3.05) is 25.7 Å². The van der Waals surface area contributed by atoms with Gasteiger partial charge in [-0.15, -0.1) is 0 Å². The molecule has 37 heavy (non-hydrogen) atoms. The Hall–Kier alpha value is -4.46. The van der Waals surface area contributed by atoms with E-state index in [1.165, 1.54) is 0 Å². The minimum atomic E-state index is 0.452. The Morgan fingerprint density at radius 3 is 2.46 bits per heavy atom. The Bertz CT molecular complexity index is 1530. The molecule has 6 rings (SSSR count). The van der Waals surface area contributed by atoms with Crippen molar-refractivity contribution in [1.82, 2.24) is 24.7 Å². The molecule has 2 atom stereocenters. The molecule has 2 aromatic carbocycles. The highest BCUT2D eigenvalue weighted by Gasteiger charge is 2.40. The molecule has 0 N–H and O–H groups in total. The number of aromatic nitrogens is 5. The van der Waals surface area contributed by atoms with Crippen molar-refractivity contribution in [2.24, 2.45) is 13.0 Å². The first-order chi connectivity index (χ1) is 18.1. The van der Waals surface area contributed by atoms with Gasteiger partial charge in [0.2, 0.25) is 0 Å². The molecule has 0 saturated heterocycles. The lowest BCUT2D eigenvalue weighted by molar-refractivity contribution is 0.394. The van der Waals surface area contributed by atoms with Crippen LogP contribution in [0.1, 0.15) is 18.0 Å². The van der Waals surface area contributed by atoms with Crippen LogP contribution >= 0.6 is 0 Å². The largest absolute Gasteiger partial charge is 0.497 e. The zero-order valence-electron chi connectivity index (χ0n) is 21.1. The van der Waals surface area contributed by atoms with E-state index < -0.39 is 0 Å². The van der Waals surface area contributed by atoms with Gasteiger partial charge in [0.25, 0.3) is 0 Å². The topological polar surface area (TPSA) is 78.2 Å². The monoisotopic (exact) mass is 492 g/mol. The number of methoxy groups -OCH3 is 2. The second kappa shape index (κ2) is 9.54. The summed E-state index contributed by atoms with van der Waals surface area (Å²) in [6.45, 7) is 0.832. The lowest BCUT2D eigenvalue weighted by Crippen LogP contribution is -2.20. The lowest BCUT2D eigenvalue weighted by atomic mass is 10.1. The highest BCUT2D eigenvalue weighted by atomic mass is 16.5. The molecule has 0 aliphatic heterocycles. The molecule has 0 amide bonds. The third-order valence-electron chi connectivity index (χ3n) is 6.89. The van der Waals surface area contributed by atoms with Crippen molar-refractivity contribution in [3.05, 3.63) is 85.1 Å². The summed E-state index contributed by atoms with van der Waals surface area (Å²) in [5.74, 6) is 2.43. The molecule has 1 aliphatic rings. The van der Waals surface area contributed by atoms with Crippen molar-refractivity contribution in [2.45, 2.75) is 12.3 Å². The molecule has 8 nitrogen and oxygen atoms in total. The maximum absolute atomic E-state index is 5.58. The van der Waals surface area contributed by atoms with Crippen LogP contribution in [0.5, 0.6) is 11.5 Å². The van der Waals surface area contributed by atoms with E-state index in [0.29, 0.717) is 11.8 Å². The Morgan fingerprint density at radius 1 is 0.919 bits per heavy atom. The zero-order valence-corrected chi connectivity index (χ0v) is 21.1. The first-order valence-corrected chi connectivity index (χ1v) is 12.3. The van der Waals surface area contributed by atoms with E-state index in [0.717, 1.165) is 63.8 Å². The number of aryl methyl sites for hydroxylation is 1. The van der Waals surface area contributed by atoms with Gasteiger partial charge in [-0.1, -0.05) is 6.07 Å². The van der Waals surface area contributed by atoms with Gasteiger partial charge in [0.1, 0.15) is 11.5 Å². The maximum Gasteiger partial charge on any atom is 0.124 e.